The standard InChI is InChI=1S/C15H20O3/c1-9(14(17)18)11-4-6-15(3)7-5-13(16)10(2)12(15)8-11/h5,7,11-13,16H,1-2,4,6,8H2,3H3,(H,17,18)/t11-,12+,13+,15+/m1/s1. The Morgan fingerprint density at radius 1 is 1.56 bits per heavy atom. The number of rotatable bonds is 2. The van der Waals surface area contributed by atoms with Crippen molar-refractivity contribution < 1.29 is 15.0 Å². The first kappa shape index (κ1) is 13.1. The van der Waals surface area contributed by atoms with E-state index in [9.17, 15) is 9.90 Å². The summed E-state index contributed by atoms with van der Waals surface area (Å²) in [7, 11) is 0. The van der Waals surface area contributed by atoms with Crippen LogP contribution >= 0.6 is 0 Å². The number of aliphatic hydroxyl groups is 1. The van der Waals surface area contributed by atoms with Crippen LogP contribution in [-0.4, -0.2) is 22.3 Å². The molecule has 3 heteroatoms. The van der Waals surface area contributed by atoms with Crippen LogP contribution < -0.4 is 0 Å². The van der Waals surface area contributed by atoms with Crippen LogP contribution in [0.2, 0.25) is 0 Å². The molecule has 1 fully saturated rings. The molecule has 2 aliphatic carbocycles. The van der Waals surface area contributed by atoms with Gasteiger partial charge in [-0.05, 0) is 42.1 Å². The molecule has 0 unspecified atom stereocenters. The van der Waals surface area contributed by atoms with Crippen LogP contribution in [0.1, 0.15) is 26.2 Å². The molecule has 0 radical (unpaired) electrons. The Morgan fingerprint density at radius 2 is 2.22 bits per heavy atom. The Morgan fingerprint density at radius 3 is 2.83 bits per heavy atom. The van der Waals surface area contributed by atoms with Gasteiger partial charge in [-0.2, -0.15) is 0 Å². The van der Waals surface area contributed by atoms with Gasteiger partial charge in [-0.25, -0.2) is 4.79 Å². The first-order valence-corrected chi connectivity index (χ1v) is 6.33. The monoisotopic (exact) mass is 248 g/mol. The van der Waals surface area contributed by atoms with Gasteiger partial charge in [0.2, 0.25) is 0 Å². The fraction of sp³-hybridized carbons (Fsp3) is 0.533. The van der Waals surface area contributed by atoms with Crippen molar-refractivity contribution in [2.45, 2.75) is 32.3 Å². The van der Waals surface area contributed by atoms with Crippen LogP contribution in [0.4, 0.5) is 0 Å². The third-order valence-corrected chi connectivity index (χ3v) is 4.60. The minimum Gasteiger partial charge on any atom is -0.478 e. The van der Waals surface area contributed by atoms with Crippen molar-refractivity contribution in [3.05, 3.63) is 36.5 Å². The zero-order valence-electron chi connectivity index (χ0n) is 10.7. The van der Waals surface area contributed by atoms with Crippen molar-refractivity contribution >= 4 is 5.97 Å². The molecule has 1 saturated carbocycles. The summed E-state index contributed by atoms with van der Waals surface area (Å²) in [5, 5.41) is 18.9. The molecule has 0 aromatic rings. The number of allylic oxidation sites excluding steroid dienone is 1. The van der Waals surface area contributed by atoms with Gasteiger partial charge in [-0.1, -0.05) is 32.2 Å². The minimum absolute atomic E-state index is 0.00368. The Kier molecular flexibility index (Phi) is 3.20. The van der Waals surface area contributed by atoms with Crippen LogP contribution in [-0.2, 0) is 4.79 Å². The minimum atomic E-state index is -0.916. The van der Waals surface area contributed by atoms with Crippen molar-refractivity contribution in [3.63, 3.8) is 0 Å². The highest BCUT2D eigenvalue weighted by Gasteiger charge is 2.44. The Bertz CT molecular complexity index is 435. The highest BCUT2D eigenvalue weighted by Crippen LogP contribution is 2.51. The molecule has 0 saturated heterocycles. The lowest BCUT2D eigenvalue weighted by atomic mass is 9.58. The average molecular weight is 248 g/mol. The number of aliphatic carboxylic acids is 1. The predicted octanol–water partition coefficient (Wildman–Crippen LogP) is 2.54. The van der Waals surface area contributed by atoms with Crippen LogP contribution in [0.5, 0.6) is 0 Å². The van der Waals surface area contributed by atoms with Crippen LogP contribution in [0.3, 0.4) is 0 Å². The number of carboxylic acid groups (broad SMARTS) is 1. The quantitative estimate of drug-likeness (QED) is 0.583. The maximum absolute atomic E-state index is 11.0. The third-order valence-electron chi connectivity index (χ3n) is 4.60. The SMILES string of the molecule is C=C(C(=O)O)[C@@H]1CC[C@@]2(C)C=C[C@H](O)C(=C)[C@@H]2C1. The van der Waals surface area contributed by atoms with E-state index < -0.39 is 12.1 Å². The van der Waals surface area contributed by atoms with E-state index in [4.69, 9.17) is 5.11 Å². The molecule has 0 spiro atoms. The van der Waals surface area contributed by atoms with Crippen LogP contribution in [0.25, 0.3) is 0 Å². The lowest BCUT2D eigenvalue weighted by molar-refractivity contribution is -0.133. The maximum atomic E-state index is 11.0. The molecule has 98 valence electrons. The Labute approximate surface area is 108 Å². The number of carbonyl (C=O) groups is 1. The molecule has 0 heterocycles. The fourth-order valence-corrected chi connectivity index (χ4v) is 3.24. The normalized spacial score (nSPS) is 39.2. The van der Waals surface area contributed by atoms with Crippen molar-refractivity contribution in [3.8, 4) is 0 Å². The highest BCUT2D eigenvalue weighted by molar-refractivity contribution is 5.86. The molecule has 0 aromatic heterocycles. The zero-order chi connectivity index (χ0) is 13.5. The Balaban J connectivity index is 2.22. The average Bonchev–Trinajstić information content (AvgIpc) is 2.33. The summed E-state index contributed by atoms with van der Waals surface area (Å²) < 4.78 is 0. The number of hydrogen-bond donors (Lipinski definition) is 2. The smallest absolute Gasteiger partial charge is 0.331 e. The topological polar surface area (TPSA) is 57.5 Å². The van der Waals surface area contributed by atoms with Crippen LogP contribution in [0.15, 0.2) is 36.5 Å². The van der Waals surface area contributed by atoms with E-state index in [2.05, 4.69) is 26.2 Å². The first-order chi connectivity index (χ1) is 8.35. The lowest BCUT2D eigenvalue weighted by Crippen LogP contribution is -2.40. The van der Waals surface area contributed by atoms with Crippen molar-refractivity contribution in [1.82, 2.24) is 0 Å². The molecule has 4 atom stereocenters. The second kappa shape index (κ2) is 4.39. The molecule has 0 bridgehead atoms. The second-order valence-corrected chi connectivity index (χ2v) is 5.74. The predicted molar refractivity (Wildman–Crippen MR) is 70.0 cm³/mol. The summed E-state index contributed by atoms with van der Waals surface area (Å²) in [6.07, 6.45) is 5.74. The lowest BCUT2D eigenvalue weighted by Gasteiger charge is -2.47. The van der Waals surface area contributed by atoms with Gasteiger partial charge in [0.1, 0.15) is 0 Å². The zero-order valence-corrected chi connectivity index (χ0v) is 10.7. The summed E-state index contributed by atoms with van der Waals surface area (Å²) >= 11 is 0. The van der Waals surface area contributed by atoms with Gasteiger partial charge in [-0.15, -0.1) is 0 Å². The number of carboxylic acids is 1. The summed E-state index contributed by atoms with van der Waals surface area (Å²) in [6, 6.07) is 0. The highest BCUT2D eigenvalue weighted by atomic mass is 16.4. The fourth-order valence-electron chi connectivity index (χ4n) is 3.24. The van der Waals surface area contributed by atoms with Gasteiger partial charge in [0.25, 0.3) is 0 Å². The van der Waals surface area contributed by atoms with Gasteiger partial charge >= 0.3 is 5.97 Å². The molecule has 0 aliphatic heterocycles. The summed E-state index contributed by atoms with van der Waals surface area (Å²) in [5.74, 6) is -0.774. The number of hydrogen-bond acceptors (Lipinski definition) is 2. The molecule has 2 N–H and O–H groups in total. The molecule has 3 nitrogen and oxygen atoms in total. The molecule has 2 aliphatic rings. The molecule has 0 aromatic carbocycles. The van der Waals surface area contributed by atoms with Gasteiger partial charge in [-0.3, -0.25) is 0 Å². The largest absolute Gasteiger partial charge is 0.478 e. The van der Waals surface area contributed by atoms with Crippen molar-refractivity contribution in [1.29, 1.82) is 0 Å². The van der Waals surface area contributed by atoms with E-state index in [0.29, 0.717) is 0 Å². The molecular weight excluding hydrogens is 228 g/mol. The van der Waals surface area contributed by atoms with E-state index in [0.717, 1.165) is 24.8 Å². The van der Waals surface area contributed by atoms with Crippen LogP contribution in [0, 0.1) is 17.3 Å². The molecule has 0 amide bonds. The van der Waals surface area contributed by atoms with Crippen molar-refractivity contribution in [2.24, 2.45) is 17.3 Å². The van der Waals surface area contributed by atoms with Gasteiger partial charge in [0.15, 0.2) is 0 Å². The summed E-state index contributed by atoms with van der Waals surface area (Å²) in [4.78, 5) is 11.0. The van der Waals surface area contributed by atoms with Gasteiger partial charge in [0, 0.05) is 5.57 Å². The van der Waals surface area contributed by atoms with Gasteiger partial charge in [0.05, 0.1) is 6.10 Å². The number of aliphatic hydroxyl groups excluding tert-OH is 1. The molecular formula is C15H20O3. The van der Waals surface area contributed by atoms with E-state index >= 15 is 0 Å². The van der Waals surface area contributed by atoms with Gasteiger partial charge < -0.3 is 10.2 Å². The maximum Gasteiger partial charge on any atom is 0.331 e. The van der Waals surface area contributed by atoms with E-state index in [1.54, 1.807) is 6.08 Å². The summed E-state index contributed by atoms with van der Waals surface area (Å²) in [5.41, 5.74) is 1.10. The van der Waals surface area contributed by atoms with E-state index in [1.165, 1.54) is 0 Å². The third kappa shape index (κ3) is 2.03. The second-order valence-electron chi connectivity index (χ2n) is 5.74. The molecule has 18 heavy (non-hydrogen) atoms. The Hall–Kier alpha value is -1.35. The summed E-state index contributed by atoms with van der Waals surface area (Å²) in [6.45, 7) is 9.82. The van der Waals surface area contributed by atoms with E-state index in [-0.39, 0.29) is 22.8 Å². The number of fused-ring (bicyclic) bond motifs is 1. The first-order valence-electron chi connectivity index (χ1n) is 6.33. The van der Waals surface area contributed by atoms with E-state index in [1.807, 2.05) is 0 Å². The van der Waals surface area contributed by atoms with Crippen molar-refractivity contribution in [2.75, 3.05) is 0 Å². The molecule has 2 rings (SSSR count).